The molecule has 2 aromatic heterocycles. The van der Waals surface area contributed by atoms with Gasteiger partial charge in [-0.3, -0.25) is 14.2 Å². The number of hydrogen-bond acceptors (Lipinski definition) is 6. The number of thiophene rings is 1. The molecule has 0 fully saturated rings. The maximum atomic E-state index is 13.0. The van der Waals surface area contributed by atoms with Crippen LogP contribution >= 0.6 is 11.3 Å². The van der Waals surface area contributed by atoms with Crippen LogP contribution in [0.5, 0.6) is 0 Å². The highest BCUT2D eigenvalue weighted by Gasteiger charge is 2.25. The molecule has 8 heteroatoms. The molecule has 0 aliphatic heterocycles. The van der Waals surface area contributed by atoms with Gasteiger partial charge in [-0.25, -0.2) is 9.78 Å². The molecule has 0 aliphatic rings. The highest BCUT2D eigenvalue weighted by Crippen LogP contribution is 2.28. The minimum atomic E-state index is -0.752. The van der Waals surface area contributed by atoms with E-state index in [9.17, 15) is 14.4 Å². The fourth-order valence-electron chi connectivity index (χ4n) is 3.08. The normalized spacial score (nSPS) is 12.0. The van der Waals surface area contributed by atoms with Crippen LogP contribution in [0.25, 0.3) is 10.2 Å². The average molecular weight is 399 g/mol. The molecule has 1 atom stereocenters. The number of hydrogen-bond donors (Lipinski definition) is 1. The number of aromatic nitrogens is 2. The second-order valence-corrected chi connectivity index (χ2v) is 7.41. The lowest BCUT2D eigenvalue weighted by molar-refractivity contribution is -0.144. The maximum Gasteiger partial charge on any atom is 0.329 e. The third kappa shape index (κ3) is 3.43. The van der Waals surface area contributed by atoms with Crippen molar-refractivity contribution in [2.45, 2.75) is 33.2 Å². The Morgan fingerprint density at radius 3 is 2.64 bits per heavy atom. The van der Waals surface area contributed by atoms with Gasteiger partial charge in [0.05, 0.1) is 23.7 Å². The zero-order valence-corrected chi connectivity index (χ0v) is 16.9. The van der Waals surface area contributed by atoms with E-state index in [1.165, 1.54) is 18.0 Å². The second-order valence-electron chi connectivity index (χ2n) is 6.41. The first-order chi connectivity index (χ1) is 13.4. The third-order valence-electron chi connectivity index (χ3n) is 4.67. The minimum absolute atomic E-state index is 0.291. The van der Waals surface area contributed by atoms with Gasteiger partial charge in [-0.2, -0.15) is 0 Å². The number of esters is 1. The van der Waals surface area contributed by atoms with Crippen LogP contribution in [0.4, 0.5) is 5.69 Å². The highest BCUT2D eigenvalue weighted by molar-refractivity contribution is 7.20. The maximum absolute atomic E-state index is 13.0. The van der Waals surface area contributed by atoms with Gasteiger partial charge in [0.1, 0.15) is 10.9 Å². The third-order valence-corrected chi connectivity index (χ3v) is 5.87. The first-order valence-electron chi connectivity index (χ1n) is 8.84. The van der Waals surface area contributed by atoms with Crippen molar-refractivity contribution in [3.05, 3.63) is 57.0 Å². The van der Waals surface area contributed by atoms with Gasteiger partial charge in [-0.15, -0.1) is 11.3 Å². The Labute approximate surface area is 166 Å². The largest absolute Gasteiger partial charge is 0.467 e. The summed E-state index contributed by atoms with van der Waals surface area (Å²) in [6, 6.07) is 6.72. The molecule has 0 saturated heterocycles. The lowest BCUT2D eigenvalue weighted by atomic mass is 10.1. The van der Waals surface area contributed by atoms with Crippen LogP contribution in [0.3, 0.4) is 0 Å². The Balaban J connectivity index is 2.05. The van der Waals surface area contributed by atoms with E-state index in [0.29, 0.717) is 32.8 Å². The van der Waals surface area contributed by atoms with E-state index >= 15 is 0 Å². The van der Waals surface area contributed by atoms with Crippen LogP contribution in [0.2, 0.25) is 0 Å². The molecule has 1 N–H and O–H groups in total. The van der Waals surface area contributed by atoms with Gasteiger partial charge in [-0.1, -0.05) is 25.1 Å². The van der Waals surface area contributed by atoms with E-state index in [-0.39, 0.29) is 11.5 Å². The second kappa shape index (κ2) is 7.93. The quantitative estimate of drug-likeness (QED) is 0.664. The molecule has 0 aliphatic carbocycles. The molecule has 3 rings (SSSR count). The van der Waals surface area contributed by atoms with E-state index in [2.05, 4.69) is 10.3 Å². The van der Waals surface area contributed by atoms with Crippen LogP contribution in [0.15, 0.2) is 35.4 Å². The van der Waals surface area contributed by atoms with Crippen molar-refractivity contribution in [1.82, 2.24) is 9.55 Å². The molecule has 1 aromatic carbocycles. The number of aryl methyl sites for hydroxylation is 2. The standard InChI is InChI=1S/C20H21N3O4S/c1-5-14(20(26)27-4)23-10-21-18-15(19(23)25)12(3)16(28-18)17(24)22-13-9-7-6-8-11(13)2/h6-10,14H,5H2,1-4H3,(H,22,24). The highest BCUT2D eigenvalue weighted by atomic mass is 32.1. The predicted octanol–water partition coefficient (Wildman–Crippen LogP) is 3.45. The minimum Gasteiger partial charge on any atom is -0.467 e. The summed E-state index contributed by atoms with van der Waals surface area (Å²) >= 11 is 1.16. The van der Waals surface area contributed by atoms with Crippen molar-refractivity contribution in [3.63, 3.8) is 0 Å². The lowest BCUT2D eigenvalue weighted by Crippen LogP contribution is -2.30. The van der Waals surface area contributed by atoms with Gasteiger partial charge in [-0.05, 0) is 37.5 Å². The topological polar surface area (TPSA) is 90.3 Å². The first kappa shape index (κ1) is 19.8. The molecule has 2 heterocycles. The van der Waals surface area contributed by atoms with Crippen LogP contribution in [-0.2, 0) is 9.53 Å². The van der Waals surface area contributed by atoms with Gasteiger partial charge >= 0.3 is 5.97 Å². The SMILES string of the molecule is CCC(C(=O)OC)n1cnc2sc(C(=O)Nc3ccccc3C)c(C)c2c1=O. The van der Waals surface area contributed by atoms with E-state index in [4.69, 9.17) is 4.74 Å². The zero-order valence-electron chi connectivity index (χ0n) is 16.1. The Morgan fingerprint density at radius 2 is 2.00 bits per heavy atom. The number of carbonyl (C=O) groups is 2. The Kier molecular flexibility index (Phi) is 5.60. The molecule has 28 heavy (non-hydrogen) atoms. The number of carbonyl (C=O) groups excluding carboxylic acids is 2. The van der Waals surface area contributed by atoms with Crippen molar-refractivity contribution in [2.24, 2.45) is 0 Å². The van der Waals surface area contributed by atoms with Crippen LogP contribution in [0.1, 0.15) is 40.2 Å². The summed E-state index contributed by atoms with van der Waals surface area (Å²) in [4.78, 5) is 43.0. The van der Waals surface area contributed by atoms with Crippen molar-refractivity contribution in [3.8, 4) is 0 Å². The number of methoxy groups -OCH3 is 1. The van der Waals surface area contributed by atoms with Gasteiger partial charge in [0.25, 0.3) is 11.5 Å². The molecule has 1 amide bonds. The van der Waals surface area contributed by atoms with E-state index < -0.39 is 12.0 Å². The molecular formula is C20H21N3O4S. The number of fused-ring (bicyclic) bond motifs is 1. The Morgan fingerprint density at radius 1 is 1.29 bits per heavy atom. The number of amides is 1. The fraction of sp³-hybridized carbons (Fsp3) is 0.300. The molecule has 0 radical (unpaired) electrons. The number of anilines is 1. The molecular weight excluding hydrogens is 378 g/mol. The number of benzene rings is 1. The smallest absolute Gasteiger partial charge is 0.329 e. The zero-order chi connectivity index (χ0) is 20.4. The molecule has 146 valence electrons. The number of ether oxygens (including phenoxy) is 1. The summed E-state index contributed by atoms with van der Waals surface area (Å²) in [5.41, 5.74) is 1.86. The van der Waals surface area contributed by atoms with E-state index in [1.807, 2.05) is 31.2 Å². The van der Waals surface area contributed by atoms with Crippen LogP contribution in [0, 0.1) is 13.8 Å². The number of para-hydroxylation sites is 1. The van der Waals surface area contributed by atoms with E-state index in [0.717, 1.165) is 16.9 Å². The lowest BCUT2D eigenvalue weighted by Gasteiger charge is -2.15. The summed E-state index contributed by atoms with van der Waals surface area (Å²) in [5.74, 6) is -0.795. The fourth-order valence-corrected chi connectivity index (χ4v) is 4.12. The summed E-state index contributed by atoms with van der Waals surface area (Å²) in [6.45, 7) is 5.42. The number of nitrogens with zero attached hydrogens (tertiary/aromatic N) is 2. The molecule has 0 spiro atoms. The van der Waals surface area contributed by atoms with Gasteiger partial charge in [0.15, 0.2) is 0 Å². The summed E-state index contributed by atoms with van der Waals surface area (Å²) in [7, 11) is 1.28. The number of nitrogens with one attached hydrogen (secondary N) is 1. The molecule has 7 nitrogen and oxygen atoms in total. The molecule has 3 aromatic rings. The van der Waals surface area contributed by atoms with Gasteiger partial charge in [0.2, 0.25) is 0 Å². The Bertz CT molecular complexity index is 1120. The molecule has 1 unspecified atom stereocenters. The number of rotatable bonds is 5. The van der Waals surface area contributed by atoms with Crippen molar-refractivity contribution in [2.75, 3.05) is 12.4 Å². The van der Waals surface area contributed by atoms with Crippen LogP contribution < -0.4 is 10.9 Å². The summed E-state index contributed by atoms with van der Waals surface area (Å²) in [5, 5.41) is 3.24. The summed E-state index contributed by atoms with van der Waals surface area (Å²) in [6.07, 6.45) is 1.73. The van der Waals surface area contributed by atoms with Gasteiger partial charge < -0.3 is 10.1 Å². The van der Waals surface area contributed by atoms with Crippen molar-refractivity contribution < 1.29 is 14.3 Å². The monoisotopic (exact) mass is 399 g/mol. The average Bonchev–Trinajstić information content (AvgIpc) is 3.03. The molecule has 0 bridgehead atoms. The Hall–Kier alpha value is -3.00. The first-order valence-corrected chi connectivity index (χ1v) is 9.65. The van der Waals surface area contributed by atoms with E-state index in [1.54, 1.807) is 13.8 Å². The molecule has 0 saturated carbocycles. The van der Waals surface area contributed by atoms with Crippen molar-refractivity contribution in [1.29, 1.82) is 0 Å². The van der Waals surface area contributed by atoms with Gasteiger partial charge in [0, 0.05) is 5.69 Å². The summed E-state index contributed by atoms with van der Waals surface area (Å²) < 4.78 is 6.06. The van der Waals surface area contributed by atoms with Crippen LogP contribution in [-0.4, -0.2) is 28.5 Å². The van der Waals surface area contributed by atoms with Crippen molar-refractivity contribution >= 4 is 39.1 Å². The predicted molar refractivity (Wildman–Crippen MR) is 109 cm³/mol.